The van der Waals surface area contributed by atoms with Crippen LogP contribution in [0.3, 0.4) is 0 Å². The molecule has 0 N–H and O–H groups in total. The maximum Gasteiger partial charge on any atom is 0.338 e. The van der Waals surface area contributed by atoms with E-state index in [1.807, 2.05) is 41.1 Å². The van der Waals surface area contributed by atoms with Crippen LogP contribution in [-0.2, 0) is 4.74 Å². The van der Waals surface area contributed by atoms with Crippen molar-refractivity contribution in [1.82, 2.24) is 14.5 Å². The predicted octanol–water partition coefficient (Wildman–Crippen LogP) is 3.19. The molecule has 110 valence electrons. The molecule has 2 heterocycles. The minimum atomic E-state index is -0.387. The number of esters is 1. The highest BCUT2D eigenvalue weighted by molar-refractivity contribution is 5.89. The third kappa shape index (κ3) is 3.03. The second kappa shape index (κ2) is 6.22. The second-order valence-electron chi connectivity index (χ2n) is 4.82. The number of imidazole rings is 1. The van der Waals surface area contributed by atoms with Crippen molar-refractivity contribution in [2.45, 2.75) is 13.0 Å². The fourth-order valence-electron chi connectivity index (χ4n) is 2.09. The molecule has 0 aliphatic heterocycles. The van der Waals surface area contributed by atoms with Crippen LogP contribution in [-0.4, -0.2) is 20.5 Å². The van der Waals surface area contributed by atoms with Crippen LogP contribution in [0.4, 0.5) is 0 Å². The quantitative estimate of drug-likeness (QED) is 0.693. The van der Waals surface area contributed by atoms with Crippen LogP contribution in [0.25, 0.3) is 5.69 Å². The van der Waals surface area contributed by atoms with Crippen molar-refractivity contribution in [3.05, 3.63) is 78.6 Å². The lowest BCUT2D eigenvalue weighted by Gasteiger charge is -2.12. The summed E-state index contributed by atoms with van der Waals surface area (Å²) in [5.74, 6) is -0.365. The second-order valence-corrected chi connectivity index (χ2v) is 4.82. The van der Waals surface area contributed by atoms with E-state index >= 15 is 0 Å². The lowest BCUT2D eigenvalue weighted by molar-refractivity contribution is 0.0329. The Labute approximate surface area is 128 Å². The molecule has 0 fully saturated rings. The first-order chi connectivity index (χ1) is 10.7. The molecule has 0 amide bonds. The van der Waals surface area contributed by atoms with Crippen LogP contribution in [0.15, 0.2) is 67.4 Å². The SMILES string of the molecule is C[C@@H](OC(=O)c1ccc(-n2ccnc2)cc1)c1ccccn1. The van der Waals surface area contributed by atoms with Crippen LogP contribution in [0.1, 0.15) is 29.1 Å². The van der Waals surface area contributed by atoms with Crippen molar-refractivity contribution in [2.75, 3.05) is 0 Å². The van der Waals surface area contributed by atoms with Gasteiger partial charge in [0, 0.05) is 24.3 Å². The fourth-order valence-corrected chi connectivity index (χ4v) is 2.09. The summed E-state index contributed by atoms with van der Waals surface area (Å²) in [5.41, 5.74) is 2.17. The van der Waals surface area contributed by atoms with E-state index in [1.165, 1.54) is 0 Å². The van der Waals surface area contributed by atoms with Gasteiger partial charge in [-0.1, -0.05) is 6.07 Å². The first kappa shape index (κ1) is 14.0. The molecule has 5 heteroatoms. The van der Waals surface area contributed by atoms with Crippen molar-refractivity contribution in [3.63, 3.8) is 0 Å². The largest absolute Gasteiger partial charge is 0.453 e. The van der Waals surface area contributed by atoms with E-state index in [4.69, 9.17) is 4.74 Å². The number of aromatic nitrogens is 3. The minimum Gasteiger partial charge on any atom is -0.453 e. The monoisotopic (exact) mass is 293 g/mol. The summed E-state index contributed by atoms with van der Waals surface area (Å²) >= 11 is 0. The van der Waals surface area contributed by atoms with Gasteiger partial charge >= 0.3 is 5.97 Å². The summed E-state index contributed by atoms with van der Waals surface area (Å²) < 4.78 is 7.30. The number of nitrogens with zero attached hydrogens (tertiary/aromatic N) is 3. The van der Waals surface area contributed by atoms with E-state index in [0.29, 0.717) is 5.56 Å². The number of hydrogen-bond acceptors (Lipinski definition) is 4. The van der Waals surface area contributed by atoms with Crippen LogP contribution < -0.4 is 0 Å². The van der Waals surface area contributed by atoms with Gasteiger partial charge in [0.25, 0.3) is 0 Å². The molecule has 3 rings (SSSR count). The number of pyridine rings is 1. The van der Waals surface area contributed by atoms with Gasteiger partial charge in [-0.2, -0.15) is 0 Å². The molecule has 0 bridgehead atoms. The number of ether oxygens (including phenoxy) is 1. The zero-order valence-electron chi connectivity index (χ0n) is 12.1. The van der Waals surface area contributed by atoms with Crippen molar-refractivity contribution in [2.24, 2.45) is 0 Å². The van der Waals surface area contributed by atoms with Gasteiger partial charge in [0.2, 0.25) is 0 Å². The Morgan fingerprint density at radius 3 is 2.59 bits per heavy atom. The molecule has 1 atom stereocenters. The standard InChI is InChI=1S/C17H15N3O2/c1-13(16-4-2-3-9-19-16)22-17(21)14-5-7-15(8-6-14)20-11-10-18-12-20/h2-13H,1H3/t13-/m1/s1. The Bertz CT molecular complexity index is 737. The van der Waals surface area contributed by atoms with Gasteiger partial charge in [-0.15, -0.1) is 0 Å². The number of carbonyl (C=O) groups is 1. The maximum absolute atomic E-state index is 12.2. The molecule has 0 aliphatic rings. The normalized spacial score (nSPS) is 11.9. The van der Waals surface area contributed by atoms with E-state index < -0.39 is 0 Å². The highest BCUT2D eigenvalue weighted by Gasteiger charge is 2.14. The average molecular weight is 293 g/mol. The highest BCUT2D eigenvalue weighted by Crippen LogP contribution is 2.17. The molecule has 0 saturated heterocycles. The van der Waals surface area contributed by atoms with Crippen LogP contribution in [0.5, 0.6) is 0 Å². The van der Waals surface area contributed by atoms with E-state index in [1.54, 1.807) is 37.8 Å². The Hall–Kier alpha value is -2.95. The van der Waals surface area contributed by atoms with Crippen LogP contribution >= 0.6 is 0 Å². The third-order valence-electron chi connectivity index (χ3n) is 3.29. The lowest BCUT2D eigenvalue weighted by atomic mass is 10.2. The van der Waals surface area contributed by atoms with Crippen LogP contribution in [0, 0.1) is 0 Å². The molecule has 2 aromatic heterocycles. The molecular weight excluding hydrogens is 278 g/mol. The van der Waals surface area contributed by atoms with Crippen molar-refractivity contribution in [3.8, 4) is 5.69 Å². The first-order valence-corrected chi connectivity index (χ1v) is 6.94. The summed E-state index contributed by atoms with van der Waals surface area (Å²) in [6.45, 7) is 1.81. The molecule has 3 aromatic rings. The number of rotatable bonds is 4. The van der Waals surface area contributed by atoms with Crippen LogP contribution in [0.2, 0.25) is 0 Å². The third-order valence-corrected chi connectivity index (χ3v) is 3.29. The van der Waals surface area contributed by atoms with Gasteiger partial charge < -0.3 is 9.30 Å². The lowest BCUT2D eigenvalue weighted by Crippen LogP contribution is -2.10. The minimum absolute atomic E-state index is 0.365. The smallest absolute Gasteiger partial charge is 0.338 e. The molecule has 0 radical (unpaired) electrons. The van der Waals surface area contributed by atoms with Gasteiger partial charge in [0.05, 0.1) is 17.6 Å². The molecule has 0 unspecified atom stereocenters. The highest BCUT2D eigenvalue weighted by atomic mass is 16.5. The summed E-state index contributed by atoms with van der Waals surface area (Å²) in [4.78, 5) is 20.3. The molecule has 1 aromatic carbocycles. The van der Waals surface area contributed by atoms with Crippen molar-refractivity contribution < 1.29 is 9.53 Å². The zero-order valence-corrected chi connectivity index (χ0v) is 12.1. The zero-order chi connectivity index (χ0) is 15.4. The van der Waals surface area contributed by atoms with Crippen molar-refractivity contribution in [1.29, 1.82) is 0 Å². The number of carbonyl (C=O) groups excluding carboxylic acids is 1. The maximum atomic E-state index is 12.2. The Kier molecular flexibility index (Phi) is 3.96. The molecule has 22 heavy (non-hydrogen) atoms. The first-order valence-electron chi connectivity index (χ1n) is 6.94. The van der Waals surface area contributed by atoms with Gasteiger partial charge in [-0.3, -0.25) is 4.98 Å². The van der Waals surface area contributed by atoms with E-state index in [2.05, 4.69) is 9.97 Å². The molecule has 0 spiro atoms. The van der Waals surface area contributed by atoms with E-state index in [0.717, 1.165) is 11.4 Å². The van der Waals surface area contributed by atoms with E-state index in [9.17, 15) is 4.79 Å². The van der Waals surface area contributed by atoms with Gasteiger partial charge in [0.15, 0.2) is 0 Å². The van der Waals surface area contributed by atoms with E-state index in [-0.39, 0.29) is 12.1 Å². The summed E-state index contributed by atoms with van der Waals surface area (Å²) in [6, 6.07) is 12.7. The Balaban J connectivity index is 1.70. The molecule has 0 saturated carbocycles. The molecule has 5 nitrogen and oxygen atoms in total. The predicted molar refractivity (Wildman–Crippen MR) is 81.6 cm³/mol. The van der Waals surface area contributed by atoms with Gasteiger partial charge in [-0.25, -0.2) is 9.78 Å². The fraction of sp³-hybridized carbons (Fsp3) is 0.118. The Morgan fingerprint density at radius 1 is 1.14 bits per heavy atom. The van der Waals surface area contributed by atoms with Gasteiger partial charge in [0.1, 0.15) is 6.10 Å². The summed E-state index contributed by atoms with van der Waals surface area (Å²) in [5, 5.41) is 0. The average Bonchev–Trinajstić information content (AvgIpc) is 3.10. The summed E-state index contributed by atoms with van der Waals surface area (Å²) in [7, 11) is 0. The number of hydrogen-bond donors (Lipinski definition) is 0. The topological polar surface area (TPSA) is 57.0 Å². The molecule has 0 aliphatic carbocycles. The summed E-state index contributed by atoms with van der Waals surface area (Å²) in [6.07, 6.45) is 6.55. The van der Waals surface area contributed by atoms with Gasteiger partial charge in [-0.05, 0) is 43.3 Å². The Morgan fingerprint density at radius 2 is 1.95 bits per heavy atom. The van der Waals surface area contributed by atoms with Crippen molar-refractivity contribution >= 4 is 5.97 Å². The molecular formula is C17H15N3O2. The number of benzene rings is 1.